The standard InChI is InChI=1S/C17H16FN5/c1-11-9-13(18)3-4-14(11)21-16-10-15(22-17(19-2)23-16)12-5-7-20-8-6-12/h3-10H,1-2H3,(H2,19,21,22,23). The van der Waals surface area contributed by atoms with Crippen molar-refractivity contribution in [1.29, 1.82) is 0 Å². The highest BCUT2D eigenvalue weighted by Gasteiger charge is 2.08. The highest BCUT2D eigenvalue weighted by molar-refractivity contribution is 5.68. The topological polar surface area (TPSA) is 62.7 Å². The molecule has 2 aromatic heterocycles. The first-order valence-corrected chi connectivity index (χ1v) is 7.16. The molecule has 0 bridgehead atoms. The first-order chi connectivity index (χ1) is 11.2. The summed E-state index contributed by atoms with van der Waals surface area (Å²) in [5.74, 6) is 0.872. The zero-order valence-corrected chi connectivity index (χ0v) is 12.8. The minimum Gasteiger partial charge on any atom is -0.357 e. The van der Waals surface area contributed by atoms with E-state index in [1.165, 1.54) is 12.1 Å². The third-order valence-corrected chi connectivity index (χ3v) is 3.38. The number of halogens is 1. The lowest BCUT2D eigenvalue weighted by Gasteiger charge is -2.11. The Kier molecular flexibility index (Phi) is 4.14. The van der Waals surface area contributed by atoms with E-state index in [9.17, 15) is 4.39 Å². The normalized spacial score (nSPS) is 10.4. The smallest absolute Gasteiger partial charge is 0.224 e. The quantitative estimate of drug-likeness (QED) is 0.768. The molecule has 0 spiro atoms. The number of nitrogens with one attached hydrogen (secondary N) is 2. The van der Waals surface area contributed by atoms with Crippen LogP contribution in [0.25, 0.3) is 11.3 Å². The van der Waals surface area contributed by atoms with E-state index in [0.717, 1.165) is 22.5 Å². The van der Waals surface area contributed by atoms with Gasteiger partial charge in [-0.15, -0.1) is 0 Å². The summed E-state index contributed by atoms with van der Waals surface area (Å²) in [5.41, 5.74) is 3.32. The highest BCUT2D eigenvalue weighted by atomic mass is 19.1. The van der Waals surface area contributed by atoms with Gasteiger partial charge in [0, 0.05) is 36.8 Å². The van der Waals surface area contributed by atoms with E-state index < -0.39 is 0 Å². The lowest BCUT2D eigenvalue weighted by atomic mass is 10.2. The van der Waals surface area contributed by atoms with Crippen LogP contribution in [0.1, 0.15) is 5.56 Å². The molecule has 0 saturated heterocycles. The highest BCUT2D eigenvalue weighted by Crippen LogP contribution is 2.25. The van der Waals surface area contributed by atoms with E-state index in [1.54, 1.807) is 25.5 Å². The Morgan fingerprint density at radius 2 is 1.78 bits per heavy atom. The molecule has 1 aromatic carbocycles. The van der Waals surface area contributed by atoms with Crippen molar-refractivity contribution in [1.82, 2.24) is 15.0 Å². The number of aryl methyl sites for hydroxylation is 1. The number of anilines is 3. The van der Waals surface area contributed by atoms with Gasteiger partial charge in [0.15, 0.2) is 0 Å². The van der Waals surface area contributed by atoms with Crippen molar-refractivity contribution in [3.05, 3.63) is 60.2 Å². The average Bonchev–Trinajstić information content (AvgIpc) is 2.58. The molecule has 0 aliphatic rings. The molecule has 116 valence electrons. The minimum atomic E-state index is -0.260. The summed E-state index contributed by atoms with van der Waals surface area (Å²) < 4.78 is 13.2. The zero-order valence-electron chi connectivity index (χ0n) is 12.8. The van der Waals surface area contributed by atoms with Gasteiger partial charge in [0.1, 0.15) is 11.6 Å². The minimum absolute atomic E-state index is 0.260. The van der Waals surface area contributed by atoms with Gasteiger partial charge in [0.25, 0.3) is 0 Å². The molecule has 5 nitrogen and oxygen atoms in total. The van der Waals surface area contributed by atoms with Gasteiger partial charge in [-0.25, -0.2) is 9.37 Å². The van der Waals surface area contributed by atoms with E-state index in [4.69, 9.17) is 0 Å². The van der Waals surface area contributed by atoms with Gasteiger partial charge in [-0.3, -0.25) is 4.98 Å². The van der Waals surface area contributed by atoms with Gasteiger partial charge in [0.05, 0.1) is 5.69 Å². The Morgan fingerprint density at radius 1 is 1.00 bits per heavy atom. The molecule has 3 rings (SSSR count). The van der Waals surface area contributed by atoms with E-state index >= 15 is 0 Å². The molecule has 0 fully saturated rings. The van der Waals surface area contributed by atoms with Crippen LogP contribution in [0, 0.1) is 12.7 Å². The summed E-state index contributed by atoms with van der Waals surface area (Å²) in [5, 5.41) is 6.16. The lowest BCUT2D eigenvalue weighted by molar-refractivity contribution is 0.627. The third kappa shape index (κ3) is 3.42. The number of aromatic nitrogens is 3. The summed E-state index contributed by atoms with van der Waals surface area (Å²) in [6, 6.07) is 10.2. The SMILES string of the molecule is CNc1nc(Nc2ccc(F)cc2C)cc(-c2ccncc2)n1. The van der Waals surface area contributed by atoms with E-state index in [2.05, 4.69) is 25.6 Å². The Morgan fingerprint density at radius 3 is 2.48 bits per heavy atom. The number of rotatable bonds is 4. The Labute approximate surface area is 133 Å². The van der Waals surface area contributed by atoms with Crippen molar-refractivity contribution >= 4 is 17.5 Å². The second kappa shape index (κ2) is 6.39. The summed E-state index contributed by atoms with van der Waals surface area (Å²) >= 11 is 0. The van der Waals surface area contributed by atoms with Crippen molar-refractivity contribution in [3.63, 3.8) is 0 Å². The van der Waals surface area contributed by atoms with Crippen LogP contribution < -0.4 is 10.6 Å². The largest absolute Gasteiger partial charge is 0.357 e. The fourth-order valence-electron chi connectivity index (χ4n) is 2.20. The maximum Gasteiger partial charge on any atom is 0.224 e. The van der Waals surface area contributed by atoms with Gasteiger partial charge in [-0.2, -0.15) is 4.98 Å². The predicted molar refractivity (Wildman–Crippen MR) is 89.2 cm³/mol. The van der Waals surface area contributed by atoms with Crippen LogP contribution in [-0.2, 0) is 0 Å². The van der Waals surface area contributed by atoms with Gasteiger partial charge in [-0.05, 0) is 42.8 Å². The van der Waals surface area contributed by atoms with Crippen molar-refractivity contribution in [3.8, 4) is 11.3 Å². The van der Waals surface area contributed by atoms with Gasteiger partial charge in [-0.1, -0.05) is 0 Å². The lowest BCUT2D eigenvalue weighted by Crippen LogP contribution is -2.03. The van der Waals surface area contributed by atoms with Crippen LogP contribution in [0.4, 0.5) is 21.8 Å². The van der Waals surface area contributed by atoms with Gasteiger partial charge < -0.3 is 10.6 Å². The van der Waals surface area contributed by atoms with Crippen LogP contribution in [0.15, 0.2) is 48.8 Å². The molecule has 0 saturated carbocycles. The molecule has 0 radical (unpaired) electrons. The van der Waals surface area contributed by atoms with Crippen LogP contribution in [-0.4, -0.2) is 22.0 Å². The van der Waals surface area contributed by atoms with Crippen molar-refractivity contribution in [2.24, 2.45) is 0 Å². The molecule has 0 aliphatic heterocycles. The summed E-state index contributed by atoms with van der Waals surface area (Å²) in [4.78, 5) is 12.9. The molecule has 0 aliphatic carbocycles. The Hall–Kier alpha value is -3.02. The predicted octanol–water partition coefficient (Wildman–Crippen LogP) is 3.77. The maximum atomic E-state index is 13.2. The summed E-state index contributed by atoms with van der Waals surface area (Å²) in [6.45, 7) is 1.84. The Balaban J connectivity index is 1.99. The van der Waals surface area contributed by atoms with E-state index in [-0.39, 0.29) is 5.82 Å². The number of benzene rings is 1. The second-order valence-electron chi connectivity index (χ2n) is 5.03. The van der Waals surface area contributed by atoms with Crippen molar-refractivity contribution in [2.45, 2.75) is 6.92 Å². The van der Waals surface area contributed by atoms with Crippen LogP contribution >= 0.6 is 0 Å². The monoisotopic (exact) mass is 309 g/mol. The van der Waals surface area contributed by atoms with Crippen LogP contribution in [0.2, 0.25) is 0 Å². The van der Waals surface area contributed by atoms with Gasteiger partial charge >= 0.3 is 0 Å². The molecule has 0 atom stereocenters. The molecule has 2 heterocycles. The fraction of sp³-hybridized carbons (Fsp3) is 0.118. The number of nitrogens with zero attached hydrogens (tertiary/aromatic N) is 3. The van der Waals surface area contributed by atoms with Crippen LogP contribution in [0.3, 0.4) is 0 Å². The molecule has 0 unspecified atom stereocenters. The van der Waals surface area contributed by atoms with E-state index in [1.807, 2.05) is 25.1 Å². The summed E-state index contributed by atoms with van der Waals surface area (Å²) in [7, 11) is 1.76. The average molecular weight is 309 g/mol. The maximum absolute atomic E-state index is 13.2. The number of hydrogen-bond acceptors (Lipinski definition) is 5. The molecule has 2 N–H and O–H groups in total. The summed E-state index contributed by atoms with van der Waals surface area (Å²) in [6.07, 6.45) is 3.43. The molecular formula is C17H16FN5. The van der Waals surface area contributed by atoms with Crippen molar-refractivity contribution < 1.29 is 4.39 Å². The van der Waals surface area contributed by atoms with Crippen LogP contribution in [0.5, 0.6) is 0 Å². The second-order valence-corrected chi connectivity index (χ2v) is 5.03. The zero-order chi connectivity index (χ0) is 16.2. The fourth-order valence-corrected chi connectivity index (χ4v) is 2.20. The Bertz CT molecular complexity index is 820. The number of pyridine rings is 1. The van der Waals surface area contributed by atoms with Crippen molar-refractivity contribution in [2.75, 3.05) is 17.7 Å². The first-order valence-electron chi connectivity index (χ1n) is 7.16. The number of hydrogen-bond donors (Lipinski definition) is 2. The third-order valence-electron chi connectivity index (χ3n) is 3.38. The first kappa shape index (κ1) is 14.9. The molecular weight excluding hydrogens is 293 g/mol. The van der Waals surface area contributed by atoms with E-state index in [0.29, 0.717) is 11.8 Å². The molecule has 6 heteroatoms. The molecule has 0 amide bonds. The van der Waals surface area contributed by atoms with Gasteiger partial charge in [0.2, 0.25) is 5.95 Å². The molecule has 23 heavy (non-hydrogen) atoms. The molecule has 3 aromatic rings.